The van der Waals surface area contributed by atoms with Crippen LogP contribution in [-0.2, 0) is 0 Å². The van der Waals surface area contributed by atoms with Crippen molar-refractivity contribution in [3.63, 3.8) is 0 Å². The Bertz CT molecular complexity index is 476. The van der Waals surface area contributed by atoms with Gasteiger partial charge in [-0.1, -0.05) is 0 Å². The van der Waals surface area contributed by atoms with Gasteiger partial charge in [0.05, 0.1) is 14.2 Å². The Morgan fingerprint density at radius 3 is 2.70 bits per heavy atom. The van der Waals surface area contributed by atoms with Gasteiger partial charge in [0.2, 0.25) is 0 Å². The Kier molecular flexibility index (Phi) is 4.84. The Morgan fingerprint density at radius 2 is 2.10 bits per heavy atom. The minimum atomic E-state index is -0.0690. The smallest absolute Gasteiger partial charge is 0.251 e. The number of nitrogens with one attached hydrogen (secondary N) is 1. The van der Waals surface area contributed by atoms with E-state index in [1.54, 1.807) is 32.4 Å². The molecule has 0 saturated carbocycles. The van der Waals surface area contributed by atoms with Crippen molar-refractivity contribution < 1.29 is 14.3 Å². The summed E-state index contributed by atoms with van der Waals surface area (Å²) >= 11 is 0. The summed E-state index contributed by atoms with van der Waals surface area (Å²) in [5.74, 6) is 1.67. The lowest BCUT2D eigenvalue weighted by Crippen LogP contribution is -2.30. The van der Waals surface area contributed by atoms with Crippen molar-refractivity contribution in [3.8, 4) is 11.5 Å². The molecule has 1 saturated heterocycles. The van der Waals surface area contributed by atoms with Crippen molar-refractivity contribution in [3.05, 3.63) is 23.8 Å². The van der Waals surface area contributed by atoms with Gasteiger partial charge in [-0.25, -0.2) is 0 Å². The SMILES string of the molecule is COc1ccc(C(=O)NCC2CCN(C)C2)cc1OC. The molecule has 1 N–H and O–H groups in total. The molecule has 1 aliphatic heterocycles. The number of amides is 1. The molecule has 5 heteroatoms. The predicted molar refractivity (Wildman–Crippen MR) is 77.5 cm³/mol. The van der Waals surface area contributed by atoms with Crippen LogP contribution < -0.4 is 14.8 Å². The molecule has 0 spiro atoms. The van der Waals surface area contributed by atoms with Crippen molar-refractivity contribution >= 4 is 5.91 Å². The maximum atomic E-state index is 12.1. The molecule has 1 unspecified atom stereocenters. The molecular formula is C15H22N2O3. The van der Waals surface area contributed by atoms with E-state index in [9.17, 15) is 4.79 Å². The largest absolute Gasteiger partial charge is 0.493 e. The third kappa shape index (κ3) is 3.42. The molecule has 0 aliphatic carbocycles. The maximum Gasteiger partial charge on any atom is 0.251 e. The average Bonchev–Trinajstić information content (AvgIpc) is 2.89. The number of likely N-dealkylation sites (tertiary alicyclic amines) is 1. The Morgan fingerprint density at radius 1 is 1.35 bits per heavy atom. The van der Waals surface area contributed by atoms with Crippen LogP contribution in [0.4, 0.5) is 0 Å². The van der Waals surface area contributed by atoms with Gasteiger partial charge in [-0.2, -0.15) is 0 Å². The third-order valence-corrected chi connectivity index (χ3v) is 3.69. The van der Waals surface area contributed by atoms with E-state index in [1.165, 1.54) is 0 Å². The summed E-state index contributed by atoms with van der Waals surface area (Å²) in [6.45, 7) is 2.88. The van der Waals surface area contributed by atoms with Crippen molar-refractivity contribution in [1.82, 2.24) is 10.2 Å². The van der Waals surface area contributed by atoms with Gasteiger partial charge >= 0.3 is 0 Å². The number of methoxy groups -OCH3 is 2. The van der Waals surface area contributed by atoms with Crippen LogP contribution in [0, 0.1) is 5.92 Å². The highest BCUT2D eigenvalue weighted by Crippen LogP contribution is 2.27. The number of nitrogens with zero attached hydrogens (tertiary/aromatic N) is 1. The molecule has 5 nitrogen and oxygen atoms in total. The van der Waals surface area contributed by atoms with Crippen LogP contribution in [0.5, 0.6) is 11.5 Å². The zero-order valence-corrected chi connectivity index (χ0v) is 12.3. The number of hydrogen-bond donors (Lipinski definition) is 1. The molecule has 1 atom stereocenters. The van der Waals surface area contributed by atoms with Crippen LogP contribution in [0.25, 0.3) is 0 Å². The Balaban J connectivity index is 1.95. The molecule has 1 amide bonds. The summed E-state index contributed by atoms with van der Waals surface area (Å²) in [6, 6.07) is 5.20. The van der Waals surface area contributed by atoms with E-state index in [4.69, 9.17) is 9.47 Å². The number of hydrogen-bond acceptors (Lipinski definition) is 4. The molecule has 0 bridgehead atoms. The quantitative estimate of drug-likeness (QED) is 0.884. The lowest BCUT2D eigenvalue weighted by molar-refractivity contribution is 0.0947. The minimum Gasteiger partial charge on any atom is -0.493 e. The highest BCUT2D eigenvalue weighted by Gasteiger charge is 2.20. The van der Waals surface area contributed by atoms with Crippen LogP contribution in [-0.4, -0.2) is 51.7 Å². The van der Waals surface area contributed by atoms with Crippen LogP contribution in [0.1, 0.15) is 16.8 Å². The lowest BCUT2D eigenvalue weighted by atomic mass is 10.1. The molecule has 0 aromatic heterocycles. The first kappa shape index (κ1) is 14.7. The van der Waals surface area contributed by atoms with Gasteiger partial charge in [-0.05, 0) is 44.1 Å². The highest BCUT2D eigenvalue weighted by atomic mass is 16.5. The van der Waals surface area contributed by atoms with Gasteiger partial charge in [0.1, 0.15) is 0 Å². The van der Waals surface area contributed by atoms with Gasteiger partial charge < -0.3 is 19.7 Å². The lowest BCUT2D eigenvalue weighted by Gasteiger charge is -2.13. The number of carbonyl (C=O) groups excluding carboxylic acids is 1. The maximum absolute atomic E-state index is 12.1. The van der Waals surface area contributed by atoms with Crippen LogP contribution in [0.3, 0.4) is 0 Å². The van der Waals surface area contributed by atoms with Gasteiger partial charge in [0.15, 0.2) is 11.5 Å². The third-order valence-electron chi connectivity index (χ3n) is 3.69. The van der Waals surface area contributed by atoms with E-state index in [1.807, 2.05) is 0 Å². The first-order valence-corrected chi connectivity index (χ1v) is 6.82. The van der Waals surface area contributed by atoms with E-state index in [0.29, 0.717) is 23.0 Å². The fourth-order valence-electron chi connectivity index (χ4n) is 2.51. The van der Waals surface area contributed by atoms with Gasteiger partial charge in [-0.3, -0.25) is 4.79 Å². The zero-order chi connectivity index (χ0) is 14.5. The minimum absolute atomic E-state index is 0.0690. The van der Waals surface area contributed by atoms with Crippen molar-refractivity contribution in [2.75, 3.05) is 40.9 Å². The molecule has 1 heterocycles. The number of carbonyl (C=O) groups is 1. The van der Waals surface area contributed by atoms with E-state index < -0.39 is 0 Å². The normalized spacial score (nSPS) is 18.9. The summed E-state index contributed by atoms with van der Waals surface area (Å²) < 4.78 is 10.4. The van der Waals surface area contributed by atoms with Crippen molar-refractivity contribution in [2.24, 2.45) is 5.92 Å². The fourth-order valence-corrected chi connectivity index (χ4v) is 2.51. The second-order valence-corrected chi connectivity index (χ2v) is 5.20. The summed E-state index contributed by atoms with van der Waals surface area (Å²) in [7, 11) is 5.25. The van der Waals surface area contributed by atoms with Crippen molar-refractivity contribution in [1.29, 1.82) is 0 Å². The van der Waals surface area contributed by atoms with E-state index >= 15 is 0 Å². The van der Waals surface area contributed by atoms with Crippen molar-refractivity contribution in [2.45, 2.75) is 6.42 Å². The summed E-state index contributed by atoms with van der Waals surface area (Å²) in [6.07, 6.45) is 1.14. The van der Waals surface area contributed by atoms with E-state index in [-0.39, 0.29) is 5.91 Å². The molecule has 2 rings (SSSR count). The molecule has 20 heavy (non-hydrogen) atoms. The highest BCUT2D eigenvalue weighted by molar-refractivity contribution is 5.94. The molecule has 110 valence electrons. The second-order valence-electron chi connectivity index (χ2n) is 5.20. The van der Waals surface area contributed by atoms with E-state index in [0.717, 1.165) is 26.1 Å². The standard InChI is InChI=1S/C15H22N2O3/c1-17-7-6-11(10-17)9-16-15(18)12-4-5-13(19-2)14(8-12)20-3/h4-5,8,11H,6-7,9-10H2,1-3H3,(H,16,18). The number of benzene rings is 1. The Hall–Kier alpha value is -1.75. The molecular weight excluding hydrogens is 256 g/mol. The predicted octanol–water partition coefficient (Wildman–Crippen LogP) is 1.39. The zero-order valence-electron chi connectivity index (χ0n) is 12.3. The molecule has 1 aromatic rings. The summed E-state index contributed by atoms with van der Waals surface area (Å²) in [4.78, 5) is 14.4. The van der Waals surface area contributed by atoms with Gasteiger partial charge in [0.25, 0.3) is 5.91 Å². The number of ether oxygens (including phenoxy) is 2. The molecule has 1 aliphatic rings. The van der Waals surface area contributed by atoms with Crippen LogP contribution in [0.2, 0.25) is 0 Å². The van der Waals surface area contributed by atoms with Crippen LogP contribution in [0.15, 0.2) is 18.2 Å². The molecule has 1 fully saturated rings. The van der Waals surface area contributed by atoms with Gasteiger partial charge in [-0.15, -0.1) is 0 Å². The Labute approximate surface area is 119 Å². The molecule has 0 radical (unpaired) electrons. The molecule has 1 aromatic carbocycles. The average molecular weight is 278 g/mol. The van der Waals surface area contributed by atoms with E-state index in [2.05, 4.69) is 17.3 Å². The monoisotopic (exact) mass is 278 g/mol. The number of rotatable bonds is 5. The summed E-state index contributed by atoms with van der Waals surface area (Å²) in [5.41, 5.74) is 0.592. The van der Waals surface area contributed by atoms with Gasteiger partial charge in [0, 0.05) is 18.7 Å². The first-order chi connectivity index (χ1) is 9.63. The first-order valence-electron chi connectivity index (χ1n) is 6.82. The fraction of sp³-hybridized carbons (Fsp3) is 0.533. The topological polar surface area (TPSA) is 50.8 Å². The summed E-state index contributed by atoms with van der Waals surface area (Å²) in [5, 5.41) is 2.99. The van der Waals surface area contributed by atoms with Crippen LogP contribution >= 0.6 is 0 Å². The second kappa shape index (κ2) is 6.61.